The number of methoxy groups -OCH3 is 1. The Kier molecular flexibility index (Phi) is 6.91. The van der Waals surface area contributed by atoms with E-state index in [4.69, 9.17) is 24.3 Å². The molecule has 33 heavy (non-hydrogen) atoms. The maximum absolute atomic E-state index is 16.1. The molecule has 11 nitrogen and oxygen atoms in total. The van der Waals surface area contributed by atoms with E-state index in [1.54, 1.807) is 21.6 Å². The fraction of sp³-hybridized carbons (Fsp3) is 0.722. The fourth-order valence-corrected chi connectivity index (χ4v) is 7.54. The van der Waals surface area contributed by atoms with Crippen molar-refractivity contribution in [1.82, 2.24) is 24.6 Å². The van der Waals surface area contributed by atoms with E-state index in [0.29, 0.717) is 17.8 Å². The Morgan fingerprint density at radius 1 is 1.45 bits per heavy atom. The van der Waals surface area contributed by atoms with Crippen molar-refractivity contribution in [1.29, 1.82) is 0 Å². The molecule has 0 unspecified atom stereocenters. The molecule has 0 spiro atoms. The van der Waals surface area contributed by atoms with Crippen molar-refractivity contribution in [2.45, 2.75) is 56.5 Å². The van der Waals surface area contributed by atoms with Crippen LogP contribution < -0.4 is 15.6 Å². The number of hydrogen-bond acceptors (Lipinski definition) is 11. The Bertz CT molecular complexity index is 1070. The summed E-state index contributed by atoms with van der Waals surface area (Å²) in [6.07, 6.45) is -1.67. The van der Waals surface area contributed by atoms with Gasteiger partial charge in [-0.3, -0.25) is 13.6 Å². The first-order chi connectivity index (χ1) is 15.4. The molecule has 0 aliphatic carbocycles. The van der Waals surface area contributed by atoms with E-state index in [1.165, 1.54) is 24.9 Å². The molecule has 3 N–H and O–H groups in total. The molecule has 184 valence electrons. The highest BCUT2D eigenvalue weighted by molar-refractivity contribution is 8.77. The van der Waals surface area contributed by atoms with Crippen LogP contribution in [0.4, 0.5) is 10.3 Å². The van der Waals surface area contributed by atoms with Crippen LogP contribution >= 0.6 is 29.3 Å². The molecule has 0 radical (unpaired) electrons. The molecule has 5 atom stereocenters. The van der Waals surface area contributed by atoms with Gasteiger partial charge in [-0.2, -0.15) is 9.97 Å². The summed E-state index contributed by atoms with van der Waals surface area (Å²) in [6.45, 7) is 7.99. The topological polar surface area (TPSA) is 136 Å². The van der Waals surface area contributed by atoms with Crippen molar-refractivity contribution < 1.29 is 27.5 Å². The number of nitrogens with one attached hydrogen (secondary N) is 1. The molecule has 2 aromatic rings. The van der Waals surface area contributed by atoms with Gasteiger partial charge < -0.3 is 15.2 Å². The van der Waals surface area contributed by atoms with Crippen molar-refractivity contribution in [2.24, 2.45) is 0 Å². The zero-order valence-electron chi connectivity index (χ0n) is 19.0. The molecule has 4 rings (SSSR count). The van der Waals surface area contributed by atoms with Crippen molar-refractivity contribution in [2.75, 3.05) is 31.7 Å². The number of aromatic nitrogens is 4. The minimum absolute atomic E-state index is 0.0483. The van der Waals surface area contributed by atoms with Gasteiger partial charge in [0.15, 0.2) is 23.1 Å². The highest BCUT2D eigenvalue weighted by atomic mass is 33.1. The van der Waals surface area contributed by atoms with Crippen LogP contribution in [0.3, 0.4) is 0 Å². The quantitative estimate of drug-likeness (QED) is 0.314. The van der Waals surface area contributed by atoms with Crippen LogP contribution in [0.5, 0.6) is 5.88 Å². The average molecular weight is 523 g/mol. The largest absolute Gasteiger partial charge is 0.479 e. The summed E-state index contributed by atoms with van der Waals surface area (Å²) in [4.78, 5) is 12.4. The number of ether oxygens (including phenoxy) is 2. The van der Waals surface area contributed by atoms with Crippen molar-refractivity contribution in [3.63, 3.8) is 0 Å². The molecule has 2 aromatic heterocycles. The lowest BCUT2D eigenvalue weighted by molar-refractivity contribution is -0.0607. The molecule has 2 aliphatic heterocycles. The molecule has 0 saturated carbocycles. The van der Waals surface area contributed by atoms with Crippen LogP contribution in [0.2, 0.25) is 0 Å². The third-order valence-corrected chi connectivity index (χ3v) is 9.94. The number of nitrogens with zero attached hydrogens (tertiary/aromatic N) is 4. The lowest BCUT2D eigenvalue weighted by atomic mass is 9.98. The standard InChI is InChI=1S/C18H28FN6O5PS2/c1-17(2,3)33-32-7-6-22-31(26)28-8-10-12(30-31)18(4,19)15(29-10)25-9-21-11-13(25)23-16(20)24-14(11)27-5/h9-10,12,15H,6-8H2,1-5H3,(H,22,26)(H2,20,23,24)/t10-,12-,15-,18-,31-/m1/s1. The van der Waals surface area contributed by atoms with Gasteiger partial charge >= 0.3 is 7.75 Å². The first-order valence-electron chi connectivity index (χ1n) is 10.3. The lowest BCUT2D eigenvalue weighted by Gasteiger charge is -2.34. The number of nitrogen functional groups attached to an aromatic ring is 1. The van der Waals surface area contributed by atoms with Crippen molar-refractivity contribution in [3.05, 3.63) is 6.33 Å². The lowest BCUT2D eigenvalue weighted by Crippen LogP contribution is -2.46. The number of nitrogens with two attached hydrogens (primary N) is 1. The first-order valence-corrected chi connectivity index (χ1v) is 14.2. The number of imidazole rings is 1. The molecule has 2 fully saturated rings. The normalized spacial score (nSPS) is 32.2. The van der Waals surface area contributed by atoms with Gasteiger partial charge in [-0.15, -0.1) is 0 Å². The van der Waals surface area contributed by atoms with E-state index in [1.807, 2.05) is 0 Å². The molecule has 2 aliphatic rings. The van der Waals surface area contributed by atoms with Crippen molar-refractivity contribution in [3.8, 4) is 5.88 Å². The van der Waals surface area contributed by atoms with Crippen LogP contribution in [-0.2, 0) is 18.3 Å². The van der Waals surface area contributed by atoms with Gasteiger partial charge in [0, 0.05) is 17.0 Å². The number of fused-ring (bicyclic) bond motifs is 2. The Balaban J connectivity index is 1.48. The van der Waals surface area contributed by atoms with Crippen LogP contribution in [0.15, 0.2) is 6.33 Å². The van der Waals surface area contributed by atoms with Gasteiger partial charge in [-0.25, -0.2) is 19.0 Å². The Morgan fingerprint density at radius 3 is 2.91 bits per heavy atom. The molecular weight excluding hydrogens is 494 g/mol. The first kappa shape index (κ1) is 25.0. The van der Waals surface area contributed by atoms with Crippen molar-refractivity contribution >= 4 is 46.4 Å². The van der Waals surface area contributed by atoms with E-state index in [2.05, 4.69) is 40.8 Å². The van der Waals surface area contributed by atoms with Crippen LogP contribution in [0.1, 0.15) is 33.9 Å². The van der Waals surface area contributed by atoms with Crippen LogP contribution in [0.25, 0.3) is 11.2 Å². The number of hydrogen-bond donors (Lipinski definition) is 2. The zero-order chi connectivity index (χ0) is 24.0. The van der Waals surface area contributed by atoms with Gasteiger partial charge in [0.25, 0.3) is 0 Å². The zero-order valence-corrected chi connectivity index (χ0v) is 21.5. The number of rotatable bonds is 7. The molecule has 4 heterocycles. The highest BCUT2D eigenvalue weighted by Gasteiger charge is 2.61. The second kappa shape index (κ2) is 9.14. The van der Waals surface area contributed by atoms with Gasteiger partial charge in [0.2, 0.25) is 11.8 Å². The van der Waals surface area contributed by atoms with Crippen LogP contribution in [0, 0.1) is 0 Å². The molecule has 0 amide bonds. The molecule has 0 aromatic carbocycles. The SMILES string of the molecule is COc1nc(N)nc2c1ncn2[C@@H]1O[C@@H]2CO[P@](=O)(NCCSSC(C)(C)C)O[C@H]2[C@@]1(C)F. The molecule has 15 heteroatoms. The van der Waals surface area contributed by atoms with E-state index < -0.39 is 31.9 Å². The average Bonchev–Trinajstić information content (AvgIpc) is 3.24. The third kappa shape index (κ3) is 5.12. The second-order valence-electron chi connectivity index (χ2n) is 8.84. The monoisotopic (exact) mass is 522 g/mol. The van der Waals surface area contributed by atoms with E-state index in [0.717, 1.165) is 0 Å². The second-order valence-corrected chi connectivity index (χ2v) is 13.9. The number of alkyl halides is 1. The number of halogens is 1. The minimum atomic E-state index is -3.70. The Hall–Kier alpha value is -1.15. The predicted molar refractivity (Wildman–Crippen MR) is 126 cm³/mol. The maximum Gasteiger partial charge on any atom is 0.406 e. The summed E-state index contributed by atoms with van der Waals surface area (Å²) in [7, 11) is 1.10. The summed E-state index contributed by atoms with van der Waals surface area (Å²) in [5.41, 5.74) is 4.27. The smallest absolute Gasteiger partial charge is 0.406 e. The van der Waals surface area contributed by atoms with Gasteiger partial charge in [0.05, 0.1) is 20.0 Å². The van der Waals surface area contributed by atoms with E-state index >= 15 is 4.39 Å². The van der Waals surface area contributed by atoms with E-state index in [-0.39, 0.29) is 28.8 Å². The Morgan fingerprint density at radius 2 is 2.21 bits per heavy atom. The summed E-state index contributed by atoms with van der Waals surface area (Å²) in [6, 6.07) is 0. The summed E-state index contributed by atoms with van der Waals surface area (Å²) >= 11 is 0. The predicted octanol–water partition coefficient (Wildman–Crippen LogP) is 3.34. The van der Waals surface area contributed by atoms with Gasteiger partial charge in [0.1, 0.15) is 12.2 Å². The third-order valence-electron chi connectivity index (χ3n) is 4.99. The minimum Gasteiger partial charge on any atom is -0.479 e. The molecule has 2 saturated heterocycles. The highest BCUT2D eigenvalue weighted by Crippen LogP contribution is 2.56. The van der Waals surface area contributed by atoms with Crippen LogP contribution in [-0.4, -0.2) is 68.2 Å². The molecule has 0 bridgehead atoms. The van der Waals surface area contributed by atoms with Gasteiger partial charge in [-0.05, 0) is 6.92 Å². The Labute approximate surface area is 199 Å². The maximum atomic E-state index is 16.1. The summed E-state index contributed by atoms with van der Waals surface area (Å²) in [5, 5.41) is 2.82. The summed E-state index contributed by atoms with van der Waals surface area (Å²) in [5.74, 6) is 0.804. The van der Waals surface area contributed by atoms with E-state index in [9.17, 15) is 4.57 Å². The molecular formula is C18H28FN6O5PS2. The summed E-state index contributed by atoms with van der Waals surface area (Å²) < 4.78 is 52.9. The number of anilines is 1. The van der Waals surface area contributed by atoms with Gasteiger partial charge in [-0.1, -0.05) is 42.4 Å². The fourth-order valence-electron chi connectivity index (χ4n) is 3.61.